The Kier molecular flexibility index (Phi) is 4.57. The highest BCUT2D eigenvalue weighted by atomic mass is 19.1. The first-order valence-electron chi connectivity index (χ1n) is 10.3. The van der Waals surface area contributed by atoms with Gasteiger partial charge in [0.25, 0.3) is 0 Å². The van der Waals surface area contributed by atoms with Gasteiger partial charge in [0, 0.05) is 18.0 Å². The molecule has 2 aliphatic heterocycles. The van der Waals surface area contributed by atoms with Crippen molar-refractivity contribution in [2.45, 2.75) is 43.4 Å². The summed E-state index contributed by atoms with van der Waals surface area (Å²) in [5.41, 5.74) is 4.82. The van der Waals surface area contributed by atoms with Gasteiger partial charge < -0.3 is 9.84 Å². The Morgan fingerprint density at radius 2 is 1.70 bits per heavy atom. The van der Waals surface area contributed by atoms with E-state index in [1.165, 1.54) is 4.90 Å². The Labute approximate surface area is 173 Å². The van der Waals surface area contributed by atoms with E-state index in [-0.39, 0.29) is 30.6 Å². The Hall–Kier alpha value is -3.15. The maximum atomic E-state index is 14.9. The van der Waals surface area contributed by atoms with Crippen LogP contribution in [0.1, 0.15) is 36.3 Å². The number of ether oxygens (including phenoxy) is 1. The van der Waals surface area contributed by atoms with E-state index in [9.17, 15) is 14.0 Å². The van der Waals surface area contributed by atoms with E-state index in [1.54, 1.807) is 0 Å². The Bertz CT molecular complexity index is 1000. The van der Waals surface area contributed by atoms with E-state index < -0.39 is 24.3 Å². The molecule has 0 aromatic heterocycles. The van der Waals surface area contributed by atoms with Crippen molar-refractivity contribution in [2.24, 2.45) is 0 Å². The molecule has 0 radical (unpaired) electrons. The summed E-state index contributed by atoms with van der Waals surface area (Å²) in [7, 11) is 0. The van der Waals surface area contributed by atoms with E-state index >= 15 is 0 Å². The summed E-state index contributed by atoms with van der Waals surface area (Å²) in [6, 6.07) is 15.4. The molecule has 30 heavy (non-hydrogen) atoms. The van der Waals surface area contributed by atoms with Crippen LogP contribution in [0.4, 0.5) is 9.18 Å². The normalized spacial score (nSPS) is 25.8. The summed E-state index contributed by atoms with van der Waals surface area (Å²) in [6.45, 7) is 0.192. The zero-order chi connectivity index (χ0) is 20.8. The smallest absolute Gasteiger partial charge is 0.410 e. The van der Waals surface area contributed by atoms with Gasteiger partial charge >= 0.3 is 12.1 Å². The number of carbonyl (C=O) groups excluding carboxylic acids is 1. The standard InChI is InChI=1S/C24H22FNO4/c25-23-14(12-22(27)28)11-15-9-10-21(23)26(15)24(29)30-13-20-18-7-3-1-5-16(18)17-6-2-4-8-19(17)20/h1-8,12,15,20-21,23H,9-11,13H2,(H,27,28)/b14-12-. The van der Waals surface area contributed by atoms with Crippen LogP contribution in [-0.2, 0) is 9.53 Å². The number of amides is 1. The SMILES string of the molecule is O=C(O)/C=C1/CC2CCC(C1F)N2C(=O)OCC1c2ccccc2-c2ccccc21. The van der Waals surface area contributed by atoms with Gasteiger partial charge in [0.2, 0.25) is 0 Å². The van der Waals surface area contributed by atoms with Crippen molar-refractivity contribution in [3.05, 3.63) is 71.3 Å². The Balaban J connectivity index is 1.34. The molecule has 1 N–H and O–H groups in total. The molecule has 2 aromatic rings. The van der Waals surface area contributed by atoms with E-state index in [1.807, 2.05) is 24.3 Å². The van der Waals surface area contributed by atoms with Crippen LogP contribution < -0.4 is 0 Å². The molecule has 154 valence electrons. The van der Waals surface area contributed by atoms with Gasteiger partial charge in [-0.2, -0.15) is 0 Å². The molecule has 0 spiro atoms. The van der Waals surface area contributed by atoms with Gasteiger partial charge in [-0.3, -0.25) is 4.90 Å². The van der Waals surface area contributed by atoms with Crippen LogP contribution in [0.2, 0.25) is 0 Å². The Morgan fingerprint density at radius 3 is 2.33 bits per heavy atom. The average molecular weight is 407 g/mol. The molecule has 1 aliphatic carbocycles. The monoisotopic (exact) mass is 407 g/mol. The van der Waals surface area contributed by atoms with Crippen LogP contribution in [0.25, 0.3) is 11.1 Å². The second kappa shape index (κ2) is 7.27. The fourth-order valence-electron chi connectivity index (χ4n) is 5.28. The highest BCUT2D eigenvalue weighted by Crippen LogP contribution is 2.45. The van der Waals surface area contributed by atoms with Gasteiger partial charge in [-0.05, 0) is 47.1 Å². The number of carbonyl (C=O) groups is 2. The fourth-order valence-corrected chi connectivity index (χ4v) is 5.28. The predicted octanol–water partition coefficient (Wildman–Crippen LogP) is 4.52. The summed E-state index contributed by atoms with van der Waals surface area (Å²) >= 11 is 0. The molecule has 0 saturated carbocycles. The van der Waals surface area contributed by atoms with E-state index in [0.717, 1.165) is 28.3 Å². The van der Waals surface area contributed by atoms with Gasteiger partial charge in [-0.1, -0.05) is 48.5 Å². The number of carboxylic acid groups (broad SMARTS) is 1. The van der Waals surface area contributed by atoms with Crippen LogP contribution in [-0.4, -0.2) is 46.9 Å². The zero-order valence-corrected chi connectivity index (χ0v) is 16.3. The zero-order valence-electron chi connectivity index (χ0n) is 16.3. The van der Waals surface area contributed by atoms with Crippen LogP contribution in [0.3, 0.4) is 0 Å². The lowest BCUT2D eigenvalue weighted by molar-refractivity contribution is -0.131. The molecule has 5 rings (SSSR count). The third kappa shape index (κ3) is 2.98. The minimum atomic E-state index is -1.46. The number of hydrogen-bond donors (Lipinski definition) is 1. The first kappa shape index (κ1) is 18.9. The number of hydrogen-bond acceptors (Lipinski definition) is 3. The van der Waals surface area contributed by atoms with Crippen LogP contribution >= 0.6 is 0 Å². The van der Waals surface area contributed by atoms with Gasteiger partial charge in [0.05, 0.1) is 6.04 Å². The van der Waals surface area contributed by atoms with Crippen molar-refractivity contribution in [3.63, 3.8) is 0 Å². The Morgan fingerprint density at radius 1 is 1.07 bits per heavy atom. The topological polar surface area (TPSA) is 66.8 Å². The maximum Gasteiger partial charge on any atom is 0.410 e. The lowest BCUT2D eigenvalue weighted by atomic mass is 9.95. The number of benzene rings is 2. The fraction of sp³-hybridized carbons (Fsp3) is 0.333. The van der Waals surface area contributed by atoms with E-state index in [2.05, 4.69) is 24.3 Å². The number of alkyl halides is 1. The van der Waals surface area contributed by atoms with Crippen molar-refractivity contribution in [1.29, 1.82) is 0 Å². The summed E-state index contributed by atoms with van der Waals surface area (Å²) in [4.78, 5) is 25.4. The molecule has 2 aromatic carbocycles. The molecule has 1 amide bonds. The second-order valence-electron chi connectivity index (χ2n) is 8.17. The second-order valence-corrected chi connectivity index (χ2v) is 8.17. The molecule has 2 saturated heterocycles. The number of rotatable bonds is 3. The van der Waals surface area contributed by atoms with Crippen LogP contribution in [0, 0.1) is 0 Å². The molecule has 2 bridgehead atoms. The third-order valence-corrected chi connectivity index (χ3v) is 6.57. The molecule has 2 fully saturated rings. The summed E-state index contributed by atoms with van der Waals surface area (Å²) in [5, 5.41) is 8.97. The van der Waals surface area contributed by atoms with Crippen LogP contribution in [0.15, 0.2) is 60.2 Å². The first-order chi connectivity index (χ1) is 14.5. The largest absolute Gasteiger partial charge is 0.478 e. The number of carboxylic acids is 1. The molecule has 2 heterocycles. The molecule has 3 unspecified atom stereocenters. The maximum absolute atomic E-state index is 14.9. The highest BCUT2D eigenvalue weighted by Gasteiger charge is 2.48. The highest BCUT2D eigenvalue weighted by molar-refractivity contribution is 5.81. The minimum Gasteiger partial charge on any atom is -0.478 e. The number of nitrogens with zero attached hydrogens (tertiary/aromatic N) is 1. The predicted molar refractivity (Wildman–Crippen MR) is 109 cm³/mol. The summed E-state index contributed by atoms with van der Waals surface area (Å²) in [6.07, 6.45) is 0.403. The van der Waals surface area contributed by atoms with Crippen molar-refractivity contribution in [2.75, 3.05) is 6.61 Å². The van der Waals surface area contributed by atoms with Gasteiger partial charge in [0.15, 0.2) is 0 Å². The van der Waals surface area contributed by atoms with Crippen molar-refractivity contribution in [1.82, 2.24) is 4.90 Å². The quantitative estimate of drug-likeness (QED) is 0.760. The molecule has 5 nitrogen and oxygen atoms in total. The number of fused-ring (bicyclic) bond motifs is 5. The first-order valence-corrected chi connectivity index (χ1v) is 10.3. The van der Waals surface area contributed by atoms with E-state index in [0.29, 0.717) is 12.8 Å². The lowest BCUT2D eigenvalue weighted by Crippen LogP contribution is -2.50. The lowest BCUT2D eigenvalue weighted by Gasteiger charge is -2.37. The van der Waals surface area contributed by atoms with Crippen molar-refractivity contribution >= 4 is 12.1 Å². The molecule has 3 atom stereocenters. The number of halogens is 1. The van der Waals surface area contributed by atoms with E-state index in [4.69, 9.17) is 9.84 Å². The van der Waals surface area contributed by atoms with Gasteiger partial charge in [-0.15, -0.1) is 0 Å². The number of piperidine rings is 1. The molecular formula is C24H22FNO4. The average Bonchev–Trinajstić information content (AvgIpc) is 3.25. The minimum absolute atomic E-state index is 0.0487. The van der Waals surface area contributed by atoms with Gasteiger partial charge in [0.1, 0.15) is 12.8 Å². The van der Waals surface area contributed by atoms with Crippen molar-refractivity contribution in [3.8, 4) is 11.1 Å². The molecule has 6 heteroatoms. The summed E-state index contributed by atoms with van der Waals surface area (Å²) in [5.74, 6) is -1.20. The summed E-state index contributed by atoms with van der Waals surface area (Å²) < 4.78 is 20.6. The van der Waals surface area contributed by atoms with Crippen LogP contribution in [0.5, 0.6) is 0 Å². The van der Waals surface area contributed by atoms with Crippen molar-refractivity contribution < 1.29 is 23.8 Å². The van der Waals surface area contributed by atoms with Gasteiger partial charge in [-0.25, -0.2) is 14.0 Å². The molecular weight excluding hydrogens is 385 g/mol. The molecule has 3 aliphatic rings. The number of aliphatic carboxylic acids is 1. The third-order valence-electron chi connectivity index (χ3n) is 6.57.